The van der Waals surface area contributed by atoms with Crippen molar-refractivity contribution in [2.75, 3.05) is 16.0 Å². The van der Waals surface area contributed by atoms with Gasteiger partial charge in [0.2, 0.25) is 11.9 Å². The molecule has 0 aliphatic carbocycles. The zero-order valence-electron chi connectivity index (χ0n) is 19.9. The van der Waals surface area contributed by atoms with Crippen molar-refractivity contribution in [3.05, 3.63) is 94.1 Å². The lowest BCUT2D eigenvalue weighted by Gasteiger charge is -2.12. The molecule has 1 aliphatic heterocycles. The van der Waals surface area contributed by atoms with Crippen molar-refractivity contribution in [3.63, 3.8) is 0 Å². The lowest BCUT2D eigenvalue weighted by molar-refractivity contribution is -0.115. The lowest BCUT2D eigenvalue weighted by atomic mass is 10.1. The highest BCUT2D eigenvalue weighted by molar-refractivity contribution is 6.31. The summed E-state index contributed by atoms with van der Waals surface area (Å²) in [5.41, 5.74) is 7.08. The van der Waals surface area contributed by atoms with E-state index in [1.807, 2.05) is 31.2 Å². The Balaban J connectivity index is 1.36. The van der Waals surface area contributed by atoms with Gasteiger partial charge in [0.25, 0.3) is 5.91 Å². The average molecular weight is 498 g/mol. The van der Waals surface area contributed by atoms with Crippen LogP contribution in [0.4, 0.5) is 23.0 Å². The summed E-state index contributed by atoms with van der Waals surface area (Å²) >= 11 is 6.12. The summed E-state index contributed by atoms with van der Waals surface area (Å²) in [5.74, 6) is 0.0660. The van der Waals surface area contributed by atoms with E-state index in [-0.39, 0.29) is 18.2 Å². The van der Waals surface area contributed by atoms with Crippen molar-refractivity contribution in [1.82, 2.24) is 9.97 Å². The Hall–Kier alpha value is -4.23. The molecule has 2 amide bonds. The molecule has 3 aromatic carbocycles. The molecule has 36 heavy (non-hydrogen) atoms. The van der Waals surface area contributed by atoms with Gasteiger partial charge in [0, 0.05) is 39.3 Å². The first-order valence-corrected chi connectivity index (χ1v) is 12.0. The van der Waals surface area contributed by atoms with Crippen LogP contribution in [0.25, 0.3) is 11.3 Å². The first-order valence-electron chi connectivity index (χ1n) is 11.6. The molecule has 0 fully saturated rings. The Kier molecular flexibility index (Phi) is 6.40. The van der Waals surface area contributed by atoms with Gasteiger partial charge < -0.3 is 16.0 Å². The number of nitrogens with one attached hydrogen (secondary N) is 3. The quantitative estimate of drug-likeness (QED) is 0.307. The molecule has 4 aromatic rings. The van der Waals surface area contributed by atoms with Crippen molar-refractivity contribution in [1.29, 1.82) is 0 Å². The second-order valence-electron chi connectivity index (χ2n) is 8.65. The molecule has 3 N–H and O–H groups in total. The summed E-state index contributed by atoms with van der Waals surface area (Å²) in [6.45, 7) is 4.07. The van der Waals surface area contributed by atoms with Gasteiger partial charge in [-0.25, -0.2) is 9.97 Å². The highest BCUT2D eigenvalue weighted by atomic mass is 35.5. The Labute approximate surface area is 214 Å². The number of hydrogen-bond donors (Lipinski definition) is 3. The van der Waals surface area contributed by atoms with Gasteiger partial charge in [-0.3, -0.25) is 9.59 Å². The zero-order chi connectivity index (χ0) is 25.2. The average Bonchev–Trinajstić information content (AvgIpc) is 2.99. The van der Waals surface area contributed by atoms with E-state index in [1.165, 1.54) is 0 Å². The maximum absolute atomic E-state index is 12.8. The largest absolute Gasteiger partial charge is 0.325 e. The van der Waals surface area contributed by atoms with Crippen LogP contribution in [0, 0.1) is 6.92 Å². The van der Waals surface area contributed by atoms with Crippen molar-refractivity contribution in [2.45, 2.75) is 26.7 Å². The number of amides is 2. The predicted molar refractivity (Wildman–Crippen MR) is 143 cm³/mol. The standard InChI is InChI=1S/C28H24ClN5O2/c1-3-17-5-4-16(2)12-23(17)33-27(36)18-6-9-21(10-7-18)31-28-30-15-19-13-25(35)32-24-14-20(29)8-11-22(24)26(19)34-28/h4-12,14-15H,3,13H2,1-2H3,(H,32,35)(H,33,36)(H,30,31,34). The van der Waals surface area contributed by atoms with Crippen molar-refractivity contribution in [2.24, 2.45) is 0 Å². The SMILES string of the molecule is CCc1ccc(C)cc1NC(=O)c1ccc(Nc2ncc3c(n2)-c2ccc(Cl)cc2NC(=O)C3)cc1. The van der Waals surface area contributed by atoms with Crippen LogP contribution < -0.4 is 16.0 Å². The van der Waals surface area contributed by atoms with Gasteiger partial charge in [-0.15, -0.1) is 0 Å². The third-order valence-corrected chi connectivity index (χ3v) is 6.26. The van der Waals surface area contributed by atoms with Gasteiger partial charge in [0.1, 0.15) is 0 Å². The molecular weight excluding hydrogens is 474 g/mol. The highest BCUT2D eigenvalue weighted by Crippen LogP contribution is 2.35. The van der Waals surface area contributed by atoms with Crippen LogP contribution in [-0.2, 0) is 17.6 Å². The molecule has 0 spiro atoms. The number of aryl methyl sites for hydroxylation is 2. The van der Waals surface area contributed by atoms with Gasteiger partial charge in [-0.2, -0.15) is 0 Å². The number of aromatic nitrogens is 2. The Morgan fingerprint density at radius 3 is 2.67 bits per heavy atom. The summed E-state index contributed by atoms with van der Waals surface area (Å²) in [5, 5.41) is 9.61. The predicted octanol–water partition coefficient (Wildman–Crippen LogP) is 6.16. The summed E-state index contributed by atoms with van der Waals surface area (Å²) in [6, 6.07) is 18.5. The minimum atomic E-state index is -0.171. The van der Waals surface area contributed by atoms with Gasteiger partial charge in [-0.1, -0.05) is 30.7 Å². The van der Waals surface area contributed by atoms with Crippen LogP contribution in [0.2, 0.25) is 5.02 Å². The molecule has 7 nitrogen and oxygen atoms in total. The van der Waals surface area contributed by atoms with E-state index < -0.39 is 0 Å². The number of carbonyl (C=O) groups is 2. The Morgan fingerprint density at radius 1 is 1.08 bits per heavy atom. The molecule has 0 bridgehead atoms. The van der Waals surface area contributed by atoms with E-state index in [0.717, 1.165) is 40.0 Å². The van der Waals surface area contributed by atoms with Gasteiger partial charge in [0.05, 0.1) is 17.8 Å². The van der Waals surface area contributed by atoms with Crippen molar-refractivity contribution in [3.8, 4) is 11.3 Å². The van der Waals surface area contributed by atoms with Crippen LogP contribution in [0.15, 0.2) is 66.9 Å². The molecule has 1 aliphatic rings. The topological polar surface area (TPSA) is 96.0 Å². The third-order valence-electron chi connectivity index (χ3n) is 6.02. The fourth-order valence-corrected chi connectivity index (χ4v) is 4.34. The monoisotopic (exact) mass is 497 g/mol. The van der Waals surface area contributed by atoms with E-state index in [1.54, 1.807) is 42.6 Å². The van der Waals surface area contributed by atoms with Gasteiger partial charge in [-0.05, 0) is 73.0 Å². The molecule has 0 saturated heterocycles. The number of carbonyl (C=O) groups excluding carboxylic acids is 2. The van der Waals surface area contributed by atoms with E-state index in [2.05, 4.69) is 32.8 Å². The Morgan fingerprint density at radius 2 is 1.89 bits per heavy atom. The minimum absolute atomic E-state index is 0.146. The van der Waals surface area contributed by atoms with Gasteiger partial charge in [0.15, 0.2) is 0 Å². The van der Waals surface area contributed by atoms with Crippen molar-refractivity contribution >= 4 is 46.4 Å². The van der Waals surface area contributed by atoms with Gasteiger partial charge >= 0.3 is 0 Å². The fourth-order valence-electron chi connectivity index (χ4n) is 4.17. The van der Waals surface area contributed by atoms with Crippen molar-refractivity contribution < 1.29 is 9.59 Å². The number of benzene rings is 3. The molecule has 5 rings (SSSR count). The van der Waals surface area contributed by atoms with Crippen LogP contribution in [0.3, 0.4) is 0 Å². The fraction of sp³-hybridized carbons (Fsp3) is 0.143. The number of halogens is 1. The smallest absolute Gasteiger partial charge is 0.255 e. The summed E-state index contributed by atoms with van der Waals surface area (Å²) in [4.78, 5) is 34.2. The molecule has 8 heteroatoms. The number of hydrogen-bond acceptors (Lipinski definition) is 5. The maximum atomic E-state index is 12.8. The lowest BCUT2D eigenvalue weighted by Crippen LogP contribution is -2.13. The Bertz CT molecular complexity index is 1480. The van der Waals surface area contributed by atoms with Crippen LogP contribution >= 0.6 is 11.6 Å². The number of nitrogens with zero attached hydrogens (tertiary/aromatic N) is 2. The molecule has 1 aromatic heterocycles. The van der Waals surface area contributed by atoms with E-state index in [4.69, 9.17) is 11.6 Å². The maximum Gasteiger partial charge on any atom is 0.255 e. The molecule has 0 radical (unpaired) electrons. The summed E-state index contributed by atoms with van der Waals surface area (Å²) in [6.07, 6.45) is 2.66. The molecule has 2 heterocycles. The molecule has 0 saturated carbocycles. The minimum Gasteiger partial charge on any atom is -0.325 e. The number of anilines is 4. The molecular formula is C28H24ClN5O2. The molecule has 0 unspecified atom stereocenters. The summed E-state index contributed by atoms with van der Waals surface area (Å²) < 4.78 is 0. The van der Waals surface area contributed by atoms with E-state index in [9.17, 15) is 9.59 Å². The first kappa shape index (κ1) is 23.5. The van der Waals surface area contributed by atoms with Crippen LogP contribution in [0.5, 0.6) is 0 Å². The number of rotatable bonds is 5. The molecule has 180 valence electrons. The second-order valence-corrected chi connectivity index (χ2v) is 9.09. The molecule has 0 atom stereocenters. The number of fused-ring (bicyclic) bond motifs is 3. The normalized spacial score (nSPS) is 12.1. The van der Waals surface area contributed by atoms with Crippen LogP contribution in [0.1, 0.15) is 34.0 Å². The van der Waals surface area contributed by atoms with E-state index >= 15 is 0 Å². The van der Waals surface area contributed by atoms with E-state index in [0.29, 0.717) is 27.9 Å². The first-order chi connectivity index (χ1) is 17.4. The zero-order valence-corrected chi connectivity index (χ0v) is 20.6. The third kappa shape index (κ3) is 4.92. The summed E-state index contributed by atoms with van der Waals surface area (Å²) in [7, 11) is 0. The second kappa shape index (κ2) is 9.79. The van der Waals surface area contributed by atoms with Crippen LogP contribution in [-0.4, -0.2) is 21.8 Å². The highest BCUT2D eigenvalue weighted by Gasteiger charge is 2.21.